The number of nitrogens with one attached hydrogen (secondary N) is 1. The highest BCUT2D eigenvalue weighted by atomic mass is 35.5. The molecule has 3 atom stereocenters. The number of rotatable bonds is 6. The van der Waals surface area contributed by atoms with E-state index in [-0.39, 0.29) is 0 Å². The molecule has 0 saturated carbocycles. The molecule has 1 fully saturated rings. The molecule has 128 valence electrons. The van der Waals surface area contributed by atoms with Crippen LogP contribution in [-0.4, -0.2) is 26.2 Å². The summed E-state index contributed by atoms with van der Waals surface area (Å²) in [5, 5.41) is 0.755. The van der Waals surface area contributed by atoms with Crippen molar-refractivity contribution < 1.29 is 9.64 Å². The van der Waals surface area contributed by atoms with E-state index in [4.69, 9.17) is 16.3 Å². The zero-order valence-electron chi connectivity index (χ0n) is 14.6. The molecule has 0 radical (unpaired) electrons. The summed E-state index contributed by atoms with van der Waals surface area (Å²) < 4.78 is 6.50. The number of ether oxygens (including phenoxy) is 1. The minimum Gasteiger partial charge on any atom is -0.366 e. The Morgan fingerprint density at radius 2 is 1.75 bits per heavy atom. The fourth-order valence-corrected chi connectivity index (χ4v) is 3.86. The number of benzene rings is 2. The van der Waals surface area contributed by atoms with Crippen LogP contribution in [0.25, 0.3) is 0 Å². The average Bonchev–Trinajstić information content (AvgIpc) is 3.01. The zero-order chi connectivity index (χ0) is 17.0. The van der Waals surface area contributed by atoms with Crippen molar-refractivity contribution in [3.8, 4) is 0 Å². The van der Waals surface area contributed by atoms with Gasteiger partial charge in [-0.3, -0.25) is 0 Å². The topological polar surface area (TPSA) is 13.7 Å². The molecule has 1 heterocycles. The highest BCUT2D eigenvalue weighted by Gasteiger charge is 2.31. The lowest BCUT2D eigenvalue weighted by atomic mass is 9.88. The molecule has 1 saturated heterocycles. The molecule has 3 heteroatoms. The van der Waals surface area contributed by atoms with Gasteiger partial charge in [-0.05, 0) is 30.2 Å². The van der Waals surface area contributed by atoms with Crippen molar-refractivity contribution in [3.05, 3.63) is 70.7 Å². The van der Waals surface area contributed by atoms with Crippen LogP contribution < -0.4 is 4.90 Å². The third-order valence-corrected chi connectivity index (χ3v) is 5.65. The van der Waals surface area contributed by atoms with Crippen LogP contribution in [0, 0.1) is 0 Å². The van der Waals surface area contributed by atoms with Gasteiger partial charge in [0.15, 0.2) is 0 Å². The quantitative estimate of drug-likeness (QED) is 0.843. The predicted molar refractivity (Wildman–Crippen MR) is 99.7 cm³/mol. The molecular formula is C21H27ClNO+. The van der Waals surface area contributed by atoms with Crippen LogP contribution in [0.4, 0.5) is 0 Å². The standard InChI is InChI=1S/C21H26ClNO/c1-21(17-7-4-3-5-8-17,18-10-12-19(22)13-11-18)24-16-14-20-9-6-15-23(20)2/h3-5,7-8,10-13,20H,6,9,14-16H2,1-2H3/p+1/t20-,21-/m0/s1. The Labute approximate surface area is 150 Å². The SMILES string of the molecule is C[NH+]1CCC[C@H]1CCO[C@@](C)(c1ccccc1)c1ccc(Cl)cc1. The van der Waals surface area contributed by atoms with E-state index >= 15 is 0 Å². The molecule has 1 aliphatic heterocycles. The van der Waals surface area contributed by atoms with E-state index in [0.717, 1.165) is 29.7 Å². The Morgan fingerprint density at radius 3 is 2.38 bits per heavy atom. The molecule has 2 aromatic rings. The van der Waals surface area contributed by atoms with Crippen LogP contribution in [-0.2, 0) is 10.3 Å². The first kappa shape index (κ1) is 17.5. The molecule has 0 aromatic heterocycles. The van der Waals surface area contributed by atoms with E-state index in [1.165, 1.54) is 24.9 Å². The predicted octanol–water partition coefficient (Wildman–Crippen LogP) is 3.69. The van der Waals surface area contributed by atoms with Gasteiger partial charge in [-0.2, -0.15) is 0 Å². The lowest BCUT2D eigenvalue weighted by Crippen LogP contribution is -3.10. The molecule has 1 N–H and O–H groups in total. The first-order valence-electron chi connectivity index (χ1n) is 8.87. The van der Waals surface area contributed by atoms with Gasteiger partial charge < -0.3 is 9.64 Å². The monoisotopic (exact) mass is 344 g/mol. The number of quaternary nitrogens is 1. The Balaban J connectivity index is 1.78. The van der Waals surface area contributed by atoms with Gasteiger partial charge in [0.1, 0.15) is 5.60 Å². The summed E-state index contributed by atoms with van der Waals surface area (Å²) in [6, 6.07) is 19.2. The third kappa shape index (κ3) is 3.83. The minimum atomic E-state index is -0.446. The fourth-order valence-electron chi connectivity index (χ4n) is 3.73. The lowest BCUT2D eigenvalue weighted by Gasteiger charge is -2.32. The molecule has 1 aliphatic rings. The zero-order valence-corrected chi connectivity index (χ0v) is 15.4. The molecule has 3 rings (SSSR count). The first-order chi connectivity index (χ1) is 11.6. The summed E-state index contributed by atoms with van der Waals surface area (Å²) in [7, 11) is 2.30. The van der Waals surface area contributed by atoms with Crippen LogP contribution in [0.5, 0.6) is 0 Å². The number of hydrogen-bond donors (Lipinski definition) is 1. The maximum atomic E-state index is 6.50. The van der Waals surface area contributed by atoms with E-state index in [1.807, 2.05) is 18.2 Å². The highest BCUT2D eigenvalue weighted by Crippen LogP contribution is 2.34. The summed E-state index contributed by atoms with van der Waals surface area (Å²) in [6.45, 7) is 4.23. The fraction of sp³-hybridized carbons (Fsp3) is 0.429. The normalized spacial score (nSPS) is 23.1. The van der Waals surface area contributed by atoms with Crippen molar-refractivity contribution in [2.45, 2.75) is 37.8 Å². The molecular weight excluding hydrogens is 318 g/mol. The van der Waals surface area contributed by atoms with Crippen LogP contribution in [0.1, 0.15) is 37.3 Å². The summed E-state index contributed by atoms with van der Waals surface area (Å²) in [5.41, 5.74) is 1.88. The molecule has 0 spiro atoms. The average molecular weight is 345 g/mol. The first-order valence-corrected chi connectivity index (χ1v) is 9.25. The van der Waals surface area contributed by atoms with Crippen molar-refractivity contribution in [3.63, 3.8) is 0 Å². The largest absolute Gasteiger partial charge is 0.366 e. The minimum absolute atomic E-state index is 0.446. The highest BCUT2D eigenvalue weighted by molar-refractivity contribution is 6.30. The van der Waals surface area contributed by atoms with Crippen LogP contribution in [0.2, 0.25) is 5.02 Å². The molecule has 2 nitrogen and oxygen atoms in total. The van der Waals surface area contributed by atoms with Crippen molar-refractivity contribution in [1.29, 1.82) is 0 Å². The Morgan fingerprint density at radius 1 is 1.08 bits per heavy atom. The second-order valence-corrected chi connectivity index (χ2v) is 7.42. The van der Waals surface area contributed by atoms with E-state index < -0.39 is 5.60 Å². The second-order valence-electron chi connectivity index (χ2n) is 6.98. The maximum Gasteiger partial charge on any atom is 0.115 e. The van der Waals surface area contributed by atoms with Gasteiger partial charge in [0.25, 0.3) is 0 Å². The van der Waals surface area contributed by atoms with Gasteiger partial charge in [-0.25, -0.2) is 0 Å². The molecule has 24 heavy (non-hydrogen) atoms. The second kappa shape index (κ2) is 7.69. The van der Waals surface area contributed by atoms with Gasteiger partial charge in [-0.15, -0.1) is 0 Å². The van der Waals surface area contributed by atoms with Gasteiger partial charge in [0.05, 0.1) is 26.2 Å². The Hall–Kier alpha value is -1.35. The molecule has 0 aliphatic carbocycles. The summed E-state index contributed by atoms with van der Waals surface area (Å²) >= 11 is 6.07. The van der Waals surface area contributed by atoms with E-state index in [1.54, 1.807) is 4.90 Å². The summed E-state index contributed by atoms with van der Waals surface area (Å²) in [6.07, 6.45) is 3.77. The van der Waals surface area contributed by atoms with Crippen molar-refractivity contribution in [1.82, 2.24) is 0 Å². The molecule has 0 amide bonds. The lowest BCUT2D eigenvalue weighted by molar-refractivity contribution is -0.892. The van der Waals surface area contributed by atoms with Gasteiger partial charge in [-0.1, -0.05) is 54.1 Å². The van der Waals surface area contributed by atoms with Crippen molar-refractivity contribution in [2.75, 3.05) is 20.2 Å². The van der Waals surface area contributed by atoms with E-state index in [9.17, 15) is 0 Å². The molecule has 1 unspecified atom stereocenters. The van der Waals surface area contributed by atoms with E-state index in [2.05, 4.69) is 50.4 Å². The summed E-state index contributed by atoms with van der Waals surface area (Å²) in [5.74, 6) is 0. The summed E-state index contributed by atoms with van der Waals surface area (Å²) in [4.78, 5) is 1.64. The van der Waals surface area contributed by atoms with Gasteiger partial charge >= 0.3 is 0 Å². The van der Waals surface area contributed by atoms with Crippen molar-refractivity contribution in [2.24, 2.45) is 0 Å². The third-order valence-electron chi connectivity index (χ3n) is 5.40. The smallest absolute Gasteiger partial charge is 0.115 e. The van der Waals surface area contributed by atoms with Gasteiger partial charge in [0.2, 0.25) is 0 Å². The van der Waals surface area contributed by atoms with Crippen LogP contribution in [0.3, 0.4) is 0 Å². The number of halogens is 1. The van der Waals surface area contributed by atoms with Crippen molar-refractivity contribution >= 4 is 11.6 Å². The Kier molecular flexibility index (Phi) is 5.60. The molecule has 0 bridgehead atoms. The van der Waals surface area contributed by atoms with Gasteiger partial charge in [0, 0.05) is 24.3 Å². The van der Waals surface area contributed by atoms with Crippen LogP contribution >= 0.6 is 11.6 Å². The maximum absolute atomic E-state index is 6.50. The Bertz CT molecular complexity index is 643. The van der Waals surface area contributed by atoms with Crippen LogP contribution in [0.15, 0.2) is 54.6 Å². The van der Waals surface area contributed by atoms with E-state index in [0.29, 0.717) is 0 Å². The number of hydrogen-bond acceptors (Lipinski definition) is 1. The number of likely N-dealkylation sites (tertiary alicyclic amines) is 1. The molecule has 2 aromatic carbocycles.